The number of nitrogens with zero attached hydrogens (tertiary/aromatic N) is 2. The fourth-order valence-corrected chi connectivity index (χ4v) is 1.37. The second-order valence-corrected chi connectivity index (χ2v) is 3.46. The molecule has 15 heavy (non-hydrogen) atoms. The van der Waals surface area contributed by atoms with Gasteiger partial charge in [0.05, 0.1) is 11.8 Å². The van der Waals surface area contributed by atoms with Gasteiger partial charge < -0.3 is 10.3 Å². The van der Waals surface area contributed by atoms with Crippen LogP contribution in [0.3, 0.4) is 0 Å². The molecule has 0 unspecified atom stereocenters. The Labute approximate surface area is 88.1 Å². The Kier molecular flexibility index (Phi) is 2.55. The van der Waals surface area contributed by atoms with Crippen molar-refractivity contribution in [3.8, 4) is 0 Å². The molecular formula is C8H6N4O2S. The van der Waals surface area contributed by atoms with Crippen molar-refractivity contribution in [3.05, 3.63) is 40.4 Å². The quantitative estimate of drug-likeness (QED) is 0.773. The molecule has 1 amide bonds. The lowest BCUT2D eigenvalue weighted by Gasteiger charge is -1.99. The predicted molar refractivity (Wildman–Crippen MR) is 54.9 cm³/mol. The van der Waals surface area contributed by atoms with Gasteiger partial charge in [0.25, 0.3) is 5.91 Å². The fourth-order valence-electron chi connectivity index (χ4n) is 0.958. The van der Waals surface area contributed by atoms with Crippen LogP contribution in [0.5, 0.6) is 0 Å². The van der Waals surface area contributed by atoms with E-state index in [1.165, 1.54) is 24.5 Å². The molecule has 2 aromatic rings. The van der Waals surface area contributed by atoms with Crippen LogP contribution in [0.1, 0.15) is 10.4 Å². The van der Waals surface area contributed by atoms with Crippen LogP contribution in [0, 0.1) is 0 Å². The molecule has 0 saturated carbocycles. The molecule has 0 bridgehead atoms. The lowest BCUT2D eigenvalue weighted by atomic mass is 10.3. The number of amides is 1. The zero-order chi connectivity index (χ0) is 10.7. The van der Waals surface area contributed by atoms with Gasteiger partial charge >= 0.3 is 0 Å². The van der Waals surface area contributed by atoms with Crippen molar-refractivity contribution in [2.75, 3.05) is 5.32 Å². The number of nitrogens with one attached hydrogen (secondary N) is 2. The molecule has 0 atom stereocenters. The third-order valence-corrected chi connectivity index (χ3v) is 2.22. The van der Waals surface area contributed by atoms with Gasteiger partial charge in [0.2, 0.25) is 5.56 Å². The first-order valence-corrected chi connectivity index (χ1v) is 4.80. The molecule has 2 N–H and O–H groups in total. The van der Waals surface area contributed by atoms with E-state index in [4.69, 9.17) is 0 Å². The van der Waals surface area contributed by atoms with Gasteiger partial charge in [-0.15, -0.1) is 5.10 Å². The van der Waals surface area contributed by atoms with Crippen LogP contribution in [-0.4, -0.2) is 20.5 Å². The maximum atomic E-state index is 11.5. The number of aromatic amines is 1. The highest BCUT2D eigenvalue weighted by atomic mass is 32.1. The van der Waals surface area contributed by atoms with E-state index in [0.29, 0.717) is 10.6 Å². The average Bonchev–Trinajstić information content (AvgIpc) is 2.71. The van der Waals surface area contributed by atoms with Gasteiger partial charge in [-0.25, -0.2) is 0 Å². The highest BCUT2D eigenvalue weighted by molar-refractivity contribution is 7.10. The van der Waals surface area contributed by atoms with Crippen LogP contribution in [0.15, 0.2) is 29.3 Å². The van der Waals surface area contributed by atoms with Crippen molar-refractivity contribution >= 4 is 22.4 Å². The SMILES string of the molecule is O=C(Nc1cnns1)c1ccc(=O)[nH]c1. The van der Waals surface area contributed by atoms with Crippen LogP contribution >= 0.6 is 11.5 Å². The maximum absolute atomic E-state index is 11.5. The second kappa shape index (κ2) is 4.01. The van der Waals surface area contributed by atoms with Crippen molar-refractivity contribution in [2.45, 2.75) is 0 Å². The molecule has 0 aromatic carbocycles. The molecule has 0 saturated heterocycles. The number of rotatable bonds is 2. The Hall–Kier alpha value is -2.02. The van der Waals surface area contributed by atoms with E-state index in [1.807, 2.05) is 0 Å². The zero-order valence-corrected chi connectivity index (χ0v) is 8.25. The van der Waals surface area contributed by atoms with Gasteiger partial charge in [0.15, 0.2) is 0 Å². The lowest BCUT2D eigenvalue weighted by molar-refractivity contribution is 0.102. The van der Waals surface area contributed by atoms with E-state index >= 15 is 0 Å². The van der Waals surface area contributed by atoms with Gasteiger partial charge in [0, 0.05) is 23.8 Å². The standard InChI is InChI=1S/C8H6N4O2S/c13-6-2-1-5(3-9-6)8(14)11-7-4-10-12-15-7/h1-4H,(H,9,13)(H,11,14). The van der Waals surface area contributed by atoms with E-state index in [1.54, 1.807) is 0 Å². The average molecular weight is 222 g/mol. The van der Waals surface area contributed by atoms with Crippen LogP contribution in [-0.2, 0) is 0 Å². The van der Waals surface area contributed by atoms with E-state index < -0.39 is 0 Å². The van der Waals surface area contributed by atoms with Crippen molar-refractivity contribution in [1.82, 2.24) is 14.6 Å². The Morgan fingerprint density at radius 1 is 1.47 bits per heavy atom. The monoisotopic (exact) mass is 222 g/mol. The normalized spacial score (nSPS) is 9.87. The Bertz CT molecular complexity index is 499. The molecule has 0 aliphatic heterocycles. The maximum Gasteiger partial charge on any atom is 0.257 e. The zero-order valence-electron chi connectivity index (χ0n) is 7.43. The van der Waals surface area contributed by atoms with Gasteiger partial charge in [-0.05, 0) is 6.07 Å². The number of pyridine rings is 1. The topological polar surface area (TPSA) is 87.7 Å². The molecule has 2 heterocycles. The van der Waals surface area contributed by atoms with E-state index in [-0.39, 0.29) is 11.5 Å². The minimum Gasteiger partial charge on any atom is -0.328 e. The summed E-state index contributed by atoms with van der Waals surface area (Å²) in [6.45, 7) is 0. The summed E-state index contributed by atoms with van der Waals surface area (Å²) in [5, 5.41) is 6.73. The van der Waals surface area contributed by atoms with Crippen molar-refractivity contribution in [3.63, 3.8) is 0 Å². The summed E-state index contributed by atoms with van der Waals surface area (Å²) < 4.78 is 3.60. The molecule has 7 heteroatoms. The molecule has 76 valence electrons. The Morgan fingerprint density at radius 2 is 2.33 bits per heavy atom. The van der Waals surface area contributed by atoms with Gasteiger partial charge in [-0.3, -0.25) is 9.59 Å². The summed E-state index contributed by atoms with van der Waals surface area (Å²) in [6.07, 6.45) is 2.81. The number of hydrogen-bond donors (Lipinski definition) is 2. The molecule has 0 spiro atoms. The highest BCUT2D eigenvalue weighted by Crippen LogP contribution is 2.10. The molecule has 0 radical (unpaired) electrons. The molecule has 2 rings (SSSR count). The first kappa shape index (κ1) is 9.53. The van der Waals surface area contributed by atoms with E-state index in [9.17, 15) is 9.59 Å². The minimum absolute atomic E-state index is 0.244. The largest absolute Gasteiger partial charge is 0.328 e. The van der Waals surface area contributed by atoms with Crippen molar-refractivity contribution < 1.29 is 4.79 Å². The number of hydrogen-bond acceptors (Lipinski definition) is 5. The predicted octanol–water partition coefficient (Wildman–Crippen LogP) is 0.479. The lowest BCUT2D eigenvalue weighted by Crippen LogP contribution is -2.13. The fraction of sp³-hybridized carbons (Fsp3) is 0. The number of carbonyl (C=O) groups is 1. The van der Waals surface area contributed by atoms with E-state index in [0.717, 1.165) is 11.5 Å². The second-order valence-electron chi connectivity index (χ2n) is 2.68. The summed E-state index contributed by atoms with van der Waals surface area (Å²) in [5.41, 5.74) is 0.133. The number of carbonyl (C=O) groups excluding carboxylic acids is 1. The first-order valence-electron chi connectivity index (χ1n) is 4.03. The van der Waals surface area contributed by atoms with Crippen molar-refractivity contribution in [2.24, 2.45) is 0 Å². The molecule has 2 aromatic heterocycles. The first-order chi connectivity index (χ1) is 7.25. The number of anilines is 1. The highest BCUT2D eigenvalue weighted by Gasteiger charge is 2.06. The molecule has 6 nitrogen and oxygen atoms in total. The van der Waals surface area contributed by atoms with E-state index in [2.05, 4.69) is 19.9 Å². The van der Waals surface area contributed by atoms with Gasteiger partial charge in [0.1, 0.15) is 5.00 Å². The van der Waals surface area contributed by atoms with Crippen LogP contribution in [0.25, 0.3) is 0 Å². The molecule has 0 aliphatic rings. The summed E-state index contributed by atoms with van der Waals surface area (Å²) in [7, 11) is 0. The summed E-state index contributed by atoms with van der Waals surface area (Å²) >= 11 is 1.08. The minimum atomic E-state index is -0.308. The smallest absolute Gasteiger partial charge is 0.257 e. The third kappa shape index (κ3) is 2.26. The van der Waals surface area contributed by atoms with Gasteiger partial charge in [-0.2, -0.15) is 0 Å². The number of H-pyrrole nitrogens is 1. The van der Waals surface area contributed by atoms with Crippen LogP contribution in [0.2, 0.25) is 0 Å². The molecular weight excluding hydrogens is 216 g/mol. The summed E-state index contributed by atoms with van der Waals surface area (Å²) in [5.74, 6) is -0.308. The molecule has 0 fully saturated rings. The summed E-state index contributed by atoms with van der Waals surface area (Å²) in [6, 6.07) is 2.74. The Morgan fingerprint density at radius 3 is 2.93 bits per heavy atom. The Balaban J connectivity index is 2.15. The summed E-state index contributed by atoms with van der Waals surface area (Å²) in [4.78, 5) is 24.7. The van der Waals surface area contributed by atoms with Gasteiger partial charge in [-0.1, -0.05) is 4.49 Å². The molecule has 0 aliphatic carbocycles. The number of aromatic nitrogens is 3. The van der Waals surface area contributed by atoms with Crippen molar-refractivity contribution in [1.29, 1.82) is 0 Å². The van der Waals surface area contributed by atoms with Crippen LogP contribution in [0.4, 0.5) is 5.00 Å². The van der Waals surface area contributed by atoms with Crippen LogP contribution < -0.4 is 10.9 Å². The third-order valence-electron chi connectivity index (χ3n) is 1.64.